The number of H-pyrrole nitrogens is 1. The molecule has 2 aromatic rings. The first kappa shape index (κ1) is 17.9. The Bertz CT molecular complexity index is 735. The van der Waals surface area contributed by atoms with Crippen molar-refractivity contribution < 1.29 is 17.9 Å². The van der Waals surface area contributed by atoms with Gasteiger partial charge in [0.1, 0.15) is 17.9 Å². The summed E-state index contributed by atoms with van der Waals surface area (Å²) in [5.74, 6) is 0. The van der Waals surface area contributed by atoms with Crippen LogP contribution in [0.25, 0.3) is 0 Å². The summed E-state index contributed by atoms with van der Waals surface area (Å²) in [7, 11) is 0. The van der Waals surface area contributed by atoms with E-state index in [0.29, 0.717) is 10.6 Å². The van der Waals surface area contributed by atoms with Crippen molar-refractivity contribution in [1.82, 2.24) is 4.98 Å². The van der Waals surface area contributed by atoms with E-state index in [0.717, 1.165) is 0 Å². The molecule has 1 heterocycles. The molecule has 1 atom stereocenters. The van der Waals surface area contributed by atoms with Gasteiger partial charge in [-0.15, -0.1) is 0 Å². The van der Waals surface area contributed by atoms with Crippen LogP contribution in [-0.4, -0.2) is 11.6 Å². The molecule has 1 aromatic carbocycles. The SMILES string of the molecule is CCOC(c1ccc(Cl)cc1)c1[nH]c(C(F)(F)F)c(Br)c1C#N. The van der Waals surface area contributed by atoms with Gasteiger partial charge in [0.25, 0.3) is 0 Å². The first-order valence-electron chi connectivity index (χ1n) is 6.55. The standard InChI is InChI=1S/C15H11BrClF3N2O/c1-2-23-13(8-3-5-9(17)6-4-8)12-10(7-21)11(16)14(22-12)15(18,19)20/h3-6,13,22H,2H2,1H3. The molecule has 0 fully saturated rings. The number of alkyl halides is 3. The minimum absolute atomic E-state index is 0.0517. The van der Waals surface area contributed by atoms with Crippen LogP contribution < -0.4 is 0 Å². The van der Waals surface area contributed by atoms with Crippen LogP contribution in [0, 0.1) is 11.3 Å². The van der Waals surface area contributed by atoms with E-state index in [-0.39, 0.29) is 22.3 Å². The molecule has 2 rings (SSSR count). The molecule has 1 N–H and O–H groups in total. The van der Waals surface area contributed by atoms with Gasteiger partial charge in [0.2, 0.25) is 0 Å². The van der Waals surface area contributed by atoms with Gasteiger partial charge in [-0.3, -0.25) is 0 Å². The maximum atomic E-state index is 13.1. The minimum Gasteiger partial charge on any atom is -0.367 e. The highest BCUT2D eigenvalue weighted by molar-refractivity contribution is 9.10. The Morgan fingerprint density at radius 1 is 1.35 bits per heavy atom. The summed E-state index contributed by atoms with van der Waals surface area (Å²) >= 11 is 8.68. The van der Waals surface area contributed by atoms with Crippen LogP contribution in [0.15, 0.2) is 28.7 Å². The maximum Gasteiger partial charge on any atom is 0.432 e. The third-order valence-electron chi connectivity index (χ3n) is 3.13. The van der Waals surface area contributed by atoms with E-state index in [1.165, 1.54) is 0 Å². The molecule has 0 saturated heterocycles. The van der Waals surface area contributed by atoms with Crippen molar-refractivity contribution in [2.24, 2.45) is 0 Å². The van der Waals surface area contributed by atoms with Gasteiger partial charge < -0.3 is 9.72 Å². The van der Waals surface area contributed by atoms with Gasteiger partial charge in [-0.05, 0) is 40.5 Å². The second-order valence-corrected chi connectivity index (χ2v) is 5.83. The third-order valence-corrected chi connectivity index (χ3v) is 4.18. The van der Waals surface area contributed by atoms with Crippen LogP contribution in [0.5, 0.6) is 0 Å². The van der Waals surface area contributed by atoms with Crippen LogP contribution >= 0.6 is 27.5 Å². The molecule has 3 nitrogen and oxygen atoms in total. The largest absolute Gasteiger partial charge is 0.432 e. The second-order valence-electron chi connectivity index (χ2n) is 4.60. The van der Waals surface area contributed by atoms with Crippen molar-refractivity contribution in [1.29, 1.82) is 5.26 Å². The Kier molecular flexibility index (Phi) is 5.40. The van der Waals surface area contributed by atoms with Gasteiger partial charge in [0.15, 0.2) is 0 Å². The zero-order valence-corrected chi connectivity index (χ0v) is 14.2. The Morgan fingerprint density at radius 2 is 1.96 bits per heavy atom. The van der Waals surface area contributed by atoms with E-state index in [9.17, 15) is 18.4 Å². The number of aromatic amines is 1. The van der Waals surface area contributed by atoms with Crippen molar-refractivity contribution in [2.45, 2.75) is 19.2 Å². The number of aromatic nitrogens is 1. The smallest absolute Gasteiger partial charge is 0.367 e. The number of nitrogens with one attached hydrogen (secondary N) is 1. The zero-order chi connectivity index (χ0) is 17.2. The van der Waals surface area contributed by atoms with Crippen molar-refractivity contribution in [3.05, 3.63) is 56.3 Å². The monoisotopic (exact) mass is 406 g/mol. The molecule has 23 heavy (non-hydrogen) atoms. The molecule has 1 unspecified atom stereocenters. The average Bonchev–Trinajstić information content (AvgIpc) is 2.82. The number of halogens is 5. The molecule has 0 aliphatic rings. The fourth-order valence-electron chi connectivity index (χ4n) is 2.15. The summed E-state index contributed by atoms with van der Waals surface area (Å²) in [6.45, 7) is 1.98. The molecule has 0 saturated carbocycles. The number of rotatable bonds is 4. The molecular weight excluding hydrogens is 397 g/mol. The first-order valence-corrected chi connectivity index (χ1v) is 7.72. The van der Waals surface area contributed by atoms with Gasteiger partial charge in [-0.25, -0.2) is 0 Å². The lowest BCUT2D eigenvalue weighted by Gasteiger charge is -2.17. The summed E-state index contributed by atoms with van der Waals surface area (Å²) < 4.78 is 44.4. The van der Waals surface area contributed by atoms with E-state index in [1.807, 2.05) is 0 Å². The minimum atomic E-state index is -4.61. The fourth-order valence-corrected chi connectivity index (χ4v) is 2.90. The van der Waals surface area contributed by atoms with Crippen molar-refractivity contribution in [3.8, 4) is 6.07 Å². The highest BCUT2D eigenvalue weighted by atomic mass is 79.9. The van der Waals surface area contributed by atoms with Crippen LogP contribution in [0.4, 0.5) is 13.2 Å². The lowest BCUT2D eigenvalue weighted by atomic mass is 10.0. The molecule has 0 radical (unpaired) electrons. The number of hydrogen-bond acceptors (Lipinski definition) is 2. The highest BCUT2D eigenvalue weighted by Crippen LogP contribution is 2.40. The van der Waals surface area contributed by atoms with Crippen molar-refractivity contribution in [2.75, 3.05) is 6.61 Å². The van der Waals surface area contributed by atoms with Crippen LogP contribution in [0.3, 0.4) is 0 Å². The zero-order valence-electron chi connectivity index (χ0n) is 11.8. The first-order chi connectivity index (χ1) is 10.8. The van der Waals surface area contributed by atoms with Crippen LogP contribution in [0.1, 0.15) is 35.5 Å². The van der Waals surface area contributed by atoms with Gasteiger partial charge >= 0.3 is 6.18 Å². The van der Waals surface area contributed by atoms with Gasteiger partial charge in [-0.2, -0.15) is 18.4 Å². The lowest BCUT2D eigenvalue weighted by molar-refractivity contribution is -0.141. The van der Waals surface area contributed by atoms with Crippen LogP contribution in [0.2, 0.25) is 5.02 Å². The number of nitrogens with zero attached hydrogens (tertiary/aromatic N) is 1. The fraction of sp³-hybridized carbons (Fsp3) is 0.267. The maximum absolute atomic E-state index is 13.1. The predicted octanol–water partition coefficient (Wildman–Crippen LogP) is 5.45. The molecule has 1 aromatic heterocycles. The Balaban J connectivity index is 2.60. The Labute approximate surface area is 144 Å². The number of benzene rings is 1. The Morgan fingerprint density at radius 3 is 2.43 bits per heavy atom. The summed E-state index contributed by atoms with van der Waals surface area (Å²) in [5, 5.41) is 9.74. The van der Waals surface area contributed by atoms with E-state index in [4.69, 9.17) is 16.3 Å². The second kappa shape index (κ2) is 6.95. The number of nitriles is 1. The lowest BCUT2D eigenvalue weighted by Crippen LogP contribution is -2.10. The topological polar surface area (TPSA) is 48.8 Å². The number of ether oxygens (including phenoxy) is 1. The van der Waals surface area contributed by atoms with Crippen molar-refractivity contribution in [3.63, 3.8) is 0 Å². The van der Waals surface area contributed by atoms with E-state index in [2.05, 4.69) is 20.9 Å². The van der Waals surface area contributed by atoms with Crippen LogP contribution in [-0.2, 0) is 10.9 Å². The molecular formula is C15H11BrClF3N2O. The molecule has 0 bridgehead atoms. The highest BCUT2D eigenvalue weighted by Gasteiger charge is 2.38. The third kappa shape index (κ3) is 3.71. The van der Waals surface area contributed by atoms with Gasteiger partial charge in [0.05, 0.1) is 15.7 Å². The number of hydrogen-bond donors (Lipinski definition) is 1. The summed E-state index contributed by atoms with van der Waals surface area (Å²) in [5.41, 5.74) is -0.500. The quantitative estimate of drug-likeness (QED) is 0.733. The molecule has 8 heteroatoms. The van der Waals surface area contributed by atoms with Gasteiger partial charge in [-0.1, -0.05) is 23.7 Å². The van der Waals surface area contributed by atoms with E-state index in [1.54, 1.807) is 37.3 Å². The van der Waals surface area contributed by atoms with E-state index < -0.39 is 18.0 Å². The average molecular weight is 408 g/mol. The van der Waals surface area contributed by atoms with Crippen molar-refractivity contribution >= 4 is 27.5 Å². The summed E-state index contributed by atoms with van der Waals surface area (Å²) in [6.07, 6.45) is -5.45. The predicted molar refractivity (Wildman–Crippen MR) is 83.1 cm³/mol. The molecule has 0 aliphatic heterocycles. The summed E-state index contributed by atoms with van der Waals surface area (Å²) in [4.78, 5) is 2.29. The molecule has 0 spiro atoms. The van der Waals surface area contributed by atoms with Gasteiger partial charge in [0, 0.05) is 11.6 Å². The van der Waals surface area contributed by atoms with E-state index >= 15 is 0 Å². The normalized spacial score (nSPS) is 12.9. The molecule has 0 aliphatic carbocycles. The Hall–Kier alpha value is -1.49. The molecule has 0 amide bonds. The summed E-state index contributed by atoms with van der Waals surface area (Å²) in [6, 6.07) is 8.30. The molecule has 122 valence electrons.